The molecule has 0 saturated heterocycles. The summed E-state index contributed by atoms with van der Waals surface area (Å²) in [7, 11) is -0.108. The van der Waals surface area contributed by atoms with Crippen LogP contribution in [0.1, 0.15) is 32.3 Å². The Morgan fingerprint density at radius 1 is 1.38 bits per heavy atom. The van der Waals surface area contributed by atoms with Gasteiger partial charge >= 0.3 is 0 Å². The van der Waals surface area contributed by atoms with E-state index in [0.717, 1.165) is 24.2 Å². The smallest absolute Gasteiger partial charge is 0.222 e. The molecule has 26 heavy (non-hydrogen) atoms. The summed E-state index contributed by atoms with van der Waals surface area (Å²) >= 11 is 16.8. The summed E-state index contributed by atoms with van der Waals surface area (Å²) in [5.41, 5.74) is 19.2. The largest absolute Gasteiger partial charge is 0.481 e. The number of halogens is 2. The zero-order valence-electron chi connectivity index (χ0n) is 14.8. The third kappa shape index (κ3) is 7.72. The second kappa shape index (κ2) is 11.2. The molecule has 0 amide bonds. The predicted molar refractivity (Wildman–Crippen MR) is 126 cm³/mol. The van der Waals surface area contributed by atoms with Gasteiger partial charge in [-0.3, -0.25) is 0 Å². The van der Waals surface area contributed by atoms with Crippen LogP contribution in [0.15, 0.2) is 29.4 Å². The third-order valence-corrected chi connectivity index (χ3v) is 14.7. The van der Waals surface area contributed by atoms with E-state index in [0.29, 0.717) is 0 Å². The molecule has 1 aromatic carbocycles. The fraction of sp³-hybridized carbons (Fsp3) is 0.462. The Hall–Kier alpha value is 0.890. The Kier molecular flexibility index (Phi) is 10.7. The Morgan fingerprint density at radius 2 is 1.96 bits per heavy atom. The first-order valence-electron chi connectivity index (χ1n) is 7.66. The van der Waals surface area contributed by atoms with Crippen LogP contribution in [0.3, 0.4) is 0 Å². The third-order valence-electron chi connectivity index (χ3n) is 3.49. The van der Waals surface area contributed by atoms with Crippen molar-refractivity contribution in [2.45, 2.75) is 32.0 Å². The molecule has 148 valence electrons. The Morgan fingerprint density at radius 3 is 2.42 bits per heavy atom. The Labute approximate surface area is 174 Å². The van der Waals surface area contributed by atoms with Crippen molar-refractivity contribution in [2.75, 3.05) is 7.05 Å². The van der Waals surface area contributed by atoms with Crippen LogP contribution in [0.2, 0.25) is 0 Å². The van der Waals surface area contributed by atoms with Crippen molar-refractivity contribution in [3.05, 3.63) is 29.8 Å². The van der Waals surface area contributed by atoms with E-state index in [9.17, 15) is 0 Å². The number of benzene rings is 1. The Balaban J connectivity index is 2.89. The number of hydrazone groups is 1. The van der Waals surface area contributed by atoms with E-state index >= 15 is 0 Å². The lowest BCUT2D eigenvalue weighted by atomic mass is 10.2. The van der Waals surface area contributed by atoms with E-state index in [-0.39, 0.29) is 8.42 Å². The molecule has 13 heteroatoms. The van der Waals surface area contributed by atoms with Crippen LogP contribution in [0.5, 0.6) is 5.75 Å². The highest BCUT2D eigenvalue weighted by Crippen LogP contribution is 2.74. The van der Waals surface area contributed by atoms with Crippen molar-refractivity contribution in [2.24, 2.45) is 21.6 Å². The van der Waals surface area contributed by atoms with Crippen LogP contribution in [0.25, 0.3) is 0 Å². The monoisotopic (exact) mass is 493 g/mol. The molecular formula is C13H25Cl2N5OP4S. The highest BCUT2D eigenvalue weighted by atomic mass is 35.9. The normalized spacial score (nSPS) is 17.4. The van der Waals surface area contributed by atoms with Gasteiger partial charge in [0.05, 0.1) is 14.0 Å². The molecule has 6 nitrogen and oxygen atoms in total. The molecule has 0 aliphatic carbocycles. The van der Waals surface area contributed by atoms with Crippen molar-refractivity contribution in [3.63, 3.8) is 0 Å². The van der Waals surface area contributed by atoms with E-state index in [1.807, 2.05) is 31.2 Å². The van der Waals surface area contributed by atoms with E-state index in [2.05, 4.69) is 12.0 Å². The molecule has 0 bridgehead atoms. The number of hydrogen-bond donors (Lipinski definition) is 3. The number of nitrogens with zero attached hydrogens (tertiary/aromatic N) is 2. The van der Waals surface area contributed by atoms with E-state index < -0.39 is 25.4 Å². The first kappa shape index (κ1) is 24.9. The lowest BCUT2D eigenvalue weighted by Crippen LogP contribution is -2.32. The topological polar surface area (TPSA) is 103 Å². The summed E-state index contributed by atoms with van der Waals surface area (Å²) in [4.78, 5) is -2.61. The lowest BCUT2D eigenvalue weighted by Gasteiger charge is -2.38. The molecule has 4 unspecified atom stereocenters. The van der Waals surface area contributed by atoms with Gasteiger partial charge < -0.3 is 21.2 Å². The minimum Gasteiger partial charge on any atom is -0.481 e. The van der Waals surface area contributed by atoms with Crippen LogP contribution in [0.4, 0.5) is 0 Å². The van der Waals surface area contributed by atoms with Crippen molar-refractivity contribution in [1.82, 2.24) is 4.78 Å². The van der Waals surface area contributed by atoms with Crippen molar-refractivity contribution in [1.29, 1.82) is 0 Å². The average molecular weight is 494 g/mol. The maximum atomic E-state index is 6.40. The molecule has 1 rings (SSSR count). The molecule has 0 radical (unpaired) electrons. The molecule has 0 aromatic heterocycles. The van der Waals surface area contributed by atoms with Crippen LogP contribution < -0.4 is 21.2 Å². The lowest BCUT2D eigenvalue weighted by molar-refractivity contribution is 0.169. The summed E-state index contributed by atoms with van der Waals surface area (Å²) in [6, 6.07) is 7.53. The molecule has 0 aliphatic heterocycles. The summed E-state index contributed by atoms with van der Waals surface area (Å²) < 4.78 is 7.64. The molecular weight excluding hydrogens is 469 g/mol. The summed E-state index contributed by atoms with van der Waals surface area (Å²) in [6.07, 6.45) is 3.41. The maximum Gasteiger partial charge on any atom is 0.222 e. The standard InChI is InChI=1S/C13H25Cl2N5OP4S/c1-4-9-13(2,23(17)24(18)22-16)21-12-7-5-11(6-8-12)10-19-20(3)25(14,15)26/h5-8,10,22H,4,9,16-18H2,1-3H3/b19-10+. The molecule has 0 spiro atoms. The average Bonchev–Trinajstić information content (AvgIpc) is 2.58. The second-order valence-corrected chi connectivity index (χ2v) is 21.8. The number of ether oxygens (including phenoxy) is 1. The van der Waals surface area contributed by atoms with Gasteiger partial charge in [0.2, 0.25) is 4.89 Å². The Bertz CT molecular complexity index is 650. The molecule has 0 fully saturated rings. The minimum atomic E-state index is -2.61. The summed E-state index contributed by atoms with van der Waals surface area (Å²) in [5.74, 6) is 0.730. The van der Waals surface area contributed by atoms with Crippen molar-refractivity contribution in [3.8, 4) is 5.75 Å². The fourth-order valence-electron chi connectivity index (χ4n) is 2.05. The molecule has 0 aliphatic rings. The zero-order chi connectivity index (χ0) is 20.0. The molecule has 4 atom stereocenters. The molecule has 0 saturated carbocycles. The van der Waals surface area contributed by atoms with Crippen LogP contribution in [0, 0.1) is 0 Å². The van der Waals surface area contributed by atoms with Gasteiger partial charge in [-0.1, -0.05) is 13.3 Å². The van der Waals surface area contributed by atoms with Gasteiger partial charge in [-0.25, -0.2) is 4.78 Å². The molecule has 0 heterocycles. The first-order valence-corrected chi connectivity index (χ1v) is 17.7. The second-order valence-electron chi connectivity index (χ2n) is 5.58. The predicted octanol–water partition coefficient (Wildman–Crippen LogP) is 5.64. The van der Waals surface area contributed by atoms with Crippen molar-refractivity contribution >= 4 is 69.0 Å². The van der Waals surface area contributed by atoms with E-state index in [4.69, 9.17) is 55.5 Å². The summed E-state index contributed by atoms with van der Waals surface area (Å²) in [5, 5.41) is 3.66. The molecule has 6 N–H and O–H groups in total. The van der Waals surface area contributed by atoms with Gasteiger partial charge in [-0.05, 0) is 85.9 Å². The quantitative estimate of drug-likeness (QED) is 0.221. The van der Waals surface area contributed by atoms with Gasteiger partial charge in [0.25, 0.3) is 0 Å². The highest BCUT2D eigenvalue weighted by Gasteiger charge is 2.37. The number of hydrogen-bond acceptors (Lipinski definition) is 6. The van der Waals surface area contributed by atoms with Crippen LogP contribution >= 0.6 is 51.0 Å². The van der Waals surface area contributed by atoms with Crippen LogP contribution in [-0.4, -0.2) is 23.4 Å². The van der Waals surface area contributed by atoms with Gasteiger partial charge in [-0.2, -0.15) is 5.10 Å². The minimum absolute atomic E-state index is 0.158. The van der Waals surface area contributed by atoms with E-state index in [1.165, 1.54) is 4.78 Å². The van der Waals surface area contributed by atoms with Gasteiger partial charge in [0.1, 0.15) is 11.1 Å². The maximum absolute atomic E-state index is 6.40. The zero-order valence-corrected chi connectivity index (χ0v) is 20.9. The van der Waals surface area contributed by atoms with Crippen molar-refractivity contribution < 1.29 is 4.74 Å². The highest BCUT2D eigenvalue weighted by molar-refractivity contribution is 8.55. The summed E-state index contributed by atoms with van der Waals surface area (Å²) in [6.45, 7) is 4.11. The van der Waals surface area contributed by atoms with Crippen LogP contribution in [-0.2, 0) is 11.8 Å². The first-order chi connectivity index (χ1) is 12.0. The van der Waals surface area contributed by atoms with Gasteiger partial charge in [0, 0.05) is 14.5 Å². The number of nitrogens with two attached hydrogens (primary N) is 3. The molecule has 1 aromatic rings. The van der Waals surface area contributed by atoms with E-state index in [1.54, 1.807) is 13.3 Å². The fourth-order valence-corrected chi connectivity index (χ4v) is 9.00. The van der Waals surface area contributed by atoms with Gasteiger partial charge in [-0.15, -0.1) is 0 Å². The van der Waals surface area contributed by atoms with Gasteiger partial charge in [0.15, 0.2) is 0 Å². The number of rotatable bonds is 10. The SMILES string of the molecule is CCCC(C)(Oc1ccc(/C=N/N(C)P(=S)(Cl)Cl)cc1)P(N)P(N)PN.